The molecule has 0 spiro atoms. The van der Waals surface area contributed by atoms with Gasteiger partial charge in [0.1, 0.15) is 0 Å². The maximum Gasteiger partial charge on any atom is 0.213 e. The second-order valence-corrected chi connectivity index (χ2v) is 4.52. The van der Waals surface area contributed by atoms with Crippen LogP contribution in [-0.2, 0) is 0 Å². The van der Waals surface area contributed by atoms with E-state index >= 15 is 0 Å². The summed E-state index contributed by atoms with van der Waals surface area (Å²) in [5, 5.41) is 3.42. The van der Waals surface area contributed by atoms with Crippen LogP contribution in [-0.4, -0.2) is 24.7 Å². The normalized spacial score (nSPS) is 20.7. The molecular formula is C13H20N2O. The second kappa shape index (κ2) is 5.85. The minimum Gasteiger partial charge on any atom is -0.478 e. The third kappa shape index (κ3) is 3.49. The van der Waals surface area contributed by atoms with Crippen LogP contribution in [0.1, 0.15) is 24.8 Å². The van der Waals surface area contributed by atoms with Crippen LogP contribution in [0.25, 0.3) is 0 Å². The molecule has 2 rings (SSSR count). The molecule has 0 amide bonds. The van der Waals surface area contributed by atoms with E-state index in [4.69, 9.17) is 4.74 Å². The van der Waals surface area contributed by atoms with Crippen LogP contribution >= 0.6 is 0 Å². The number of nitrogens with zero attached hydrogens (tertiary/aromatic N) is 1. The molecule has 2 heterocycles. The van der Waals surface area contributed by atoms with Crippen molar-refractivity contribution in [3.63, 3.8) is 0 Å². The number of hydrogen-bond donors (Lipinski definition) is 1. The maximum atomic E-state index is 5.65. The highest BCUT2D eigenvalue weighted by atomic mass is 16.5. The minimum absolute atomic E-state index is 0.753. The molecule has 1 fully saturated rings. The van der Waals surface area contributed by atoms with Crippen molar-refractivity contribution in [2.24, 2.45) is 5.92 Å². The summed E-state index contributed by atoms with van der Waals surface area (Å²) in [5.74, 6) is 1.53. The summed E-state index contributed by atoms with van der Waals surface area (Å²) in [4.78, 5) is 4.18. The van der Waals surface area contributed by atoms with Crippen LogP contribution in [0.2, 0.25) is 0 Å². The number of aryl methyl sites for hydroxylation is 1. The molecule has 1 atom stereocenters. The SMILES string of the molecule is Cc1ccnc(OCC[C@H]2CCCNC2)c1. The molecule has 88 valence electrons. The van der Waals surface area contributed by atoms with E-state index in [1.165, 1.54) is 24.9 Å². The molecule has 1 aliphatic heterocycles. The fourth-order valence-corrected chi connectivity index (χ4v) is 2.09. The molecule has 0 aliphatic carbocycles. The van der Waals surface area contributed by atoms with Crippen LogP contribution in [0, 0.1) is 12.8 Å². The van der Waals surface area contributed by atoms with Gasteiger partial charge in [-0.05, 0) is 56.8 Å². The summed E-state index contributed by atoms with van der Waals surface area (Å²) >= 11 is 0. The quantitative estimate of drug-likeness (QED) is 0.844. The molecule has 16 heavy (non-hydrogen) atoms. The first kappa shape index (κ1) is 11.4. The Morgan fingerprint density at radius 1 is 1.56 bits per heavy atom. The van der Waals surface area contributed by atoms with Crippen molar-refractivity contribution in [1.82, 2.24) is 10.3 Å². The fourth-order valence-electron chi connectivity index (χ4n) is 2.09. The molecule has 3 heteroatoms. The van der Waals surface area contributed by atoms with E-state index in [9.17, 15) is 0 Å². The summed E-state index contributed by atoms with van der Waals surface area (Å²) in [5.41, 5.74) is 1.20. The zero-order valence-electron chi connectivity index (χ0n) is 9.91. The van der Waals surface area contributed by atoms with Crippen molar-refractivity contribution in [2.75, 3.05) is 19.7 Å². The van der Waals surface area contributed by atoms with Crippen molar-refractivity contribution in [3.8, 4) is 5.88 Å². The number of ether oxygens (including phenoxy) is 1. The lowest BCUT2D eigenvalue weighted by Crippen LogP contribution is -2.30. The van der Waals surface area contributed by atoms with E-state index in [2.05, 4.69) is 17.2 Å². The van der Waals surface area contributed by atoms with Gasteiger partial charge in [0, 0.05) is 12.3 Å². The third-order valence-electron chi connectivity index (χ3n) is 3.07. The number of nitrogens with one attached hydrogen (secondary N) is 1. The molecule has 0 bridgehead atoms. The Morgan fingerprint density at radius 3 is 3.25 bits per heavy atom. The molecule has 0 aromatic carbocycles. The molecule has 1 aliphatic rings. The molecule has 0 unspecified atom stereocenters. The first-order valence-corrected chi connectivity index (χ1v) is 6.11. The van der Waals surface area contributed by atoms with Crippen molar-refractivity contribution in [2.45, 2.75) is 26.2 Å². The summed E-state index contributed by atoms with van der Waals surface area (Å²) < 4.78 is 5.65. The standard InChI is InChI=1S/C13H20N2O/c1-11-4-7-15-13(9-11)16-8-5-12-3-2-6-14-10-12/h4,7,9,12,14H,2-3,5-6,8,10H2,1H3/t12-/m1/s1. The van der Waals surface area contributed by atoms with Gasteiger partial charge in [-0.25, -0.2) is 4.98 Å². The largest absolute Gasteiger partial charge is 0.478 e. The van der Waals surface area contributed by atoms with Gasteiger partial charge in [0.05, 0.1) is 6.61 Å². The highest BCUT2D eigenvalue weighted by Gasteiger charge is 2.12. The maximum absolute atomic E-state index is 5.65. The van der Waals surface area contributed by atoms with Gasteiger partial charge in [-0.15, -0.1) is 0 Å². The van der Waals surface area contributed by atoms with Gasteiger partial charge < -0.3 is 10.1 Å². The van der Waals surface area contributed by atoms with Crippen molar-refractivity contribution < 1.29 is 4.74 Å². The first-order chi connectivity index (χ1) is 7.84. The predicted octanol–water partition coefficient (Wildman–Crippen LogP) is 2.16. The Morgan fingerprint density at radius 2 is 2.50 bits per heavy atom. The van der Waals surface area contributed by atoms with Crippen molar-refractivity contribution >= 4 is 0 Å². The van der Waals surface area contributed by atoms with E-state index in [0.717, 1.165) is 31.4 Å². The number of rotatable bonds is 4. The Hall–Kier alpha value is -1.09. The third-order valence-corrected chi connectivity index (χ3v) is 3.07. The summed E-state index contributed by atoms with van der Waals surface area (Å²) in [6.07, 6.45) is 5.56. The highest BCUT2D eigenvalue weighted by Crippen LogP contribution is 2.15. The Labute approximate surface area is 97.2 Å². The number of pyridine rings is 1. The molecule has 1 N–H and O–H groups in total. The van der Waals surface area contributed by atoms with Gasteiger partial charge in [-0.3, -0.25) is 0 Å². The smallest absolute Gasteiger partial charge is 0.213 e. The number of piperidine rings is 1. The average molecular weight is 220 g/mol. The fraction of sp³-hybridized carbons (Fsp3) is 0.615. The van der Waals surface area contributed by atoms with Crippen LogP contribution in [0.4, 0.5) is 0 Å². The summed E-state index contributed by atoms with van der Waals surface area (Å²) in [6, 6.07) is 3.97. The summed E-state index contributed by atoms with van der Waals surface area (Å²) in [6.45, 7) is 5.16. The lowest BCUT2D eigenvalue weighted by Gasteiger charge is -2.22. The molecule has 0 saturated carbocycles. The lowest BCUT2D eigenvalue weighted by molar-refractivity contribution is 0.247. The molecule has 1 aromatic heterocycles. The van der Waals surface area contributed by atoms with Gasteiger partial charge in [0.25, 0.3) is 0 Å². The van der Waals surface area contributed by atoms with E-state index in [1.807, 2.05) is 12.1 Å². The van der Waals surface area contributed by atoms with Gasteiger partial charge >= 0.3 is 0 Å². The van der Waals surface area contributed by atoms with Crippen molar-refractivity contribution in [3.05, 3.63) is 23.9 Å². The Kier molecular flexibility index (Phi) is 4.17. The first-order valence-electron chi connectivity index (χ1n) is 6.11. The van der Waals surface area contributed by atoms with E-state index in [1.54, 1.807) is 6.20 Å². The van der Waals surface area contributed by atoms with Gasteiger partial charge in [-0.1, -0.05) is 0 Å². The van der Waals surface area contributed by atoms with E-state index in [0.29, 0.717) is 0 Å². The molecule has 1 aromatic rings. The van der Waals surface area contributed by atoms with E-state index < -0.39 is 0 Å². The average Bonchev–Trinajstić information content (AvgIpc) is 2.30. The highest BCUT2D eigenvalue weighted by molar-refractivity contribution is 5.18. The molecular weight excluding hydrogens is 200 g/mol. The predicted molar refractivity (Wildman–Crippen MR) is 64.7 cm³/mol. The lowest BCUT2D eigenvalue weighted by atomic mass is 9.97. The van der Waals surface area contributed by atoms with Crippen LogP contribution in [0.5, 0.6) is 5.88 Å². The van der Waals surface area contributed by atoms with Gasteiger partial charge in [0.2, 0.25) is 5.88 Å². The minimum atomic E-state index is 0.753. The molecule has 1 saturated heterocycles. The zero-order valence-corrected chi connectivity index (χ0v) is 9.91. The number of hydrogen-bond acceptors (Lipinski definition) is 3. The van der Waals surface area contributed by atoms with Crippen molar-refractivity contribution in [1.29, 1.82) is 0 Å². The van der Waals surface area contributed by atoms with Crippen LogP contribution < -0.4 is 10.1 Å². The Balaban J connectivity index is 1.71. The topological polar surface area (TPSA) is 34.1 Å². The van der Waals surface area contributed by atoms with Gasteiger partial charge in [0.15, 0.2) is 0 Å². The Bertz CT molecular complexity index is 321. The zero-order chi connectivity index (χ0) is 11.2. The number of aromatic nitrogens is 1. The molecule has 3 nitrogen and oxygen atoms in total. The van der Waals surface area contributed by atoms with Crippen LogP contribution in [0.15, 0.2) is 18.3 Å². The van der Waals surface area contributed by atoms with Gasteiger partial charge in [-0.2, -0.15) is 0 Å². The van der Waals surface area contributed by atoms with Crippen LogP contribution in [0.3, 0.4) is 0 Å². The summed E-state index contributed by atoms with van der Waals surface area (Å²) in [7, 11) is 0. The second-order valence-electron chi connectivity index (χ2n) is 4.52. The van der Waals surface area contributed by atoms with E-state index in [-0.39, 0.29) is 0 Å². The monoisotopic (exact) mass is 220 g/mol. The molecule has 0 radical (unpaired) electrons.